The molecule has 2 amide bonds. The van der Waals surface area contributed by atoms with Crippen LogP contribution >= 0.6 is 0 Å². The van der Waals surface area contributed by atoms with E-state index in [9.17, 15) is 9.59 Å². The summed E-state index contributed by atoms with van der Waals surface area (Å²) in [5.74, 6) is 1.26. The summed E-state index contributed by atoms with van der Waals surface area (Å²) in [5, 5.41) is 3.16. The highest BCUT2D eigenvalue weighted by Gasteiger charge is 2.40. The molecule has 172 valence electrons. The minimum atomic E-state index is -0.366. The summed E-state index contributed by atoms with van der Waals surface area (Å²) in [6, 6.07) is 12.6. The maximum Gasteiger partial charge on any atom is 0.278 e. The van der Waals surface area contributed by atoms with Gasteiger partial charge in [0.05, 0.1) is 24.8 Å². The number of hydrogen-bond donors (Lipinski definition) is 1. The number of imide groups is 1. The van der Waals surface area contributed by atoms with Gasteiger partial charge in [0, 0.05) is 18.4 Å². The van der Waals surface area contributed by atoms with Crippen LogP contribution in [-0.4, -0.2) is 49.4 Å². The van der Waals surface area contributed by atoms with Crippen LogP contribution in [0, 0.1) is 0 Å². The van der Waals surface area contributed by atoms with Crippen molar-refractivity contribution >= 4 is 23.1 Å². The van der Waals surface area contributed by atoms with Gasteiger partial charge in [0.2, 0.25) is 6.79 Å². The number of hydrogen-bond acceptors (Lipinski definition) is 7. The molecule has 8 heteroatoms. The molecular weight excluding hydrogens is 424 g/mol. The second-order valence-electron chi connectivity index (χ2n) is 8.17. The number of nitrogens with zero attached hydrogens (tertiary/aromatic N) is 1. The summed E-state index contributed by atoms with van der Waals surface area (Å²) in [7, 11) is 0. The van der Waals surface area contributed by atoms with Crippen molar-refractivity contribution in [1.82, 2.24) is 4.90 Å². The molecule has 0 radical (unpaired) electrons. The second-order valence-corrected chi connectivity index (χ2v) is 8.17. The minimum Gasteiger partial charge on any atom is -0.494 e. The van der Waals surface area contributed by atoms with Crippen LogP contribution in [0.2, 0.25) is 0 Å². The fourth-order valence-corrected chi connectivity index (χ4v) is 4.17. The van der Waals surface area contributed by atoms with Crippen molar-refractivity contribution in [1.29, 1.82) is 0 Å². The van der Waals surface area contributed by atoms with Crippen molar-refractivity contribution in [3.63, 3.8) is 0 Å². The quantitative estimate of drug-likeness (QED) is 0.615. The summed E-state index contributed by atoms with van der Waals surface area (Å²) in [4.78, 5) is 28.1. The van der Waals surface area contributed by atoms with E-state index >= 15 is 0 Å². The number of rotatable bonds is 8. The number of nitrogens with one attached hydrogen (secondary N) is 1. The Morgan fingerprint density at radius 1 is 1.06 bits per heavy atom. The van der Waals surface area contributed by atoms with Gasteiger partial charge in [0.1, 0.15) is 11.4 Å². The van der Waals surface area contributed by atoms with E-state index in [4.69, 9.17) is 18.9 Å². The first-order valence-corrected chi connectivity index (χ1v) is 11.3. The van der Waals surface area contributed by atoms with Crippen LogP contribution in [-0.2, 0) is 14.3 Å². The molecule has 0 spiro atoms. The molecule has 0 aliphatic carbocycles. The predicted octanol–water partition coefficient (Wildman–Crippen LogP) is 3.58. The third kappa shape index (κ3) is 4.26. The lowest BCUT2D eigenvalue weighted by molar-refractivity contribution is -0.138. The maximum absolute atomic E-state index is 13.4. The van der Waals surface area contributed by atoms with Gasteiger partial charge in [-0.25, -0.2) is 0 Å². The first-order valence-electron chi connectivity index (χ1n) is 11.3. The number of anilines is 1. The van der Waals surface area contributed by atoms with Gasteiger partial charge in [-0.15, -0.1) is 0 Å². The number of carbonyl (C=O) groups excluding carboxylic acids is 2. The van der Waals surface area contributed by atoms with Crippen LogP contribution in [0.3, 0.4) is 0 Å². The number of benzene rings is 2. The summed E-state index contributed by atoms with van der Waals surface area (Å²) in [6.07, 6.45) is 2.54. The summed E-state index contributed by atoms with van der Waals surface area (Å²) in [5.41, 5.74) is 1.85. The summed E-state index contributed by atoms with van der Waals surface area (Å²) in [6.45, 7) is 3.71. The molecule has 3 aliphatic rings. The third-order valence-corrected chi connectivity index (χ3v) is 5.84. The molecule has 0 saturated carbocycles. The second kappa shape index (κ2) is 9.15. The van der Waals surface area contributed by atoms with E-state index in [1.807, 2.05) is 31.2 Å². The van der Waals surface area contributed by atoms with Crippen LogP contribution < -0.4 is 19.5 Å². The Hall–Kier alpha value is -3.52. The largest absolute Gasteiger partial charge is 0.494 e. The van der Waals surface area contributed by atoms with Gasteiger partial charge in [-0.1, -0.05) is 19.1 Å². The first kappa shape index (κ1) is 21.3. The Labute approximate surface area is 192 Å². The van der Waals surface area contributed by atoms with Crippen LogP contribution in [0.5, 0.6) is 17.2 Å². The predicted molar refractivity (Wildman–Crippen MR) is 121 cm³/mol. The van der Waals surface area contributed by atoms with E-state index in [1.165, 1.54) is 4.90 Å². The molecule has 3 aliphatic heterocycles. The Balaban J connectivity index is 1.47. The van der Waals surface area contributed by atoms with Crippen molar-refractivity contribution in [3.05, 3.63) is 53.7 Å². The fourth-order valence-electron chi connectivity index (χ4n) is 4.17. The molecule has 1 unspecified atom stereocenters. The lowest BCUT2D eigenvalue weighted by Crippen LogP contribution is -2.38. The van der Waals surface area contributed by atoms with Gasteiger partial charge in [-0.05, 0) is 49.1 Å². The Morgan fingerprint density at radius 2 is 1.88 bits per heavy atom. The molecule has 2 aromatic carbocycles. The van der Waals surface area contributed by atoms with Crippen LogP contribution in [0.15, 0.2) is 48.2 Å². The topological polar surface area (TPSA) is 86.3 Å². The van der Waals surface area contributed by atoms with Gasteiger partial charge >= 0.3 is 0 Å². The normalized spacial score (nSPS) is 19.5. The lowest BCUT2D eigenvalue weighted by atomic mass is 10.0. The van der Waals surface area contributed by atoms with Crippen molar-refractivity contribution in [2.75, 3.05) is 31.9 Å². The highest BCUT2D eigenvalue weighted by Crippen LogP contribution is 2.37. The van der Waals surface area contributed by atoms with E-state index in [0.717, 1.165) is 25.0 Å². The Morgan fingerprint density at radius 3 is 2.64 bits per heavy atom. The highest BCUT2D eigenvalue weighted by molar-refractivity contribution is 6.36. The van der Waals surface area contributed by atoms with Crippen molar-refractivity contribution in [2.24, 2.45) is 0 Å². The van der Waals surface area contributed by atoms with E-state index in [-0.39, 0.29) is 37.0 Å². The van der Waals surface area contributed by atoms with Crippen molar-refractivity contribution < 1.29 is 28.5 Å². The first-order chi connectivity index (χ1) is 16.1. The molecule has 3 heterocycles. The van der Waals surface area contributed by atoms with Crippen LogP contribution in [0.1, 0.15) is 31.7 Å². The molecule has 1 saturated heterocycles. The summed E-state index contributed by atoms with van der Waals surface area (Å²) < 4.78 is 22.1. The maximum atomic E-state index is 13.4. The average Bonchev–Trinajstić information content (AvgIpc) is 3.56. The zero-order valence-electron chi connectivity index (χ0n) is 18.5. The highest BCUT2D eigenvalue weighted by atomic mass is 16.7. The zero-order valence-corrected chi connectivity index (χ0v) is 18.5. The van der Waals surface area contributed by atoms with Gasteiger partial charge in [0.25, 0.3) is 11.8 Å². The number of fused-ring (bicyclic) bond motifs is 1. The average molecular weight is 450 g/mol. The van der Waals surface area contributed by atoms with Gasteiger partial charge < -0.3 is 24.3 Å². The van der Waals surface area contributed by atoms with Gasteiger partial charge in [-0.2, -0.15) is 0 Å². The Bertz CT molecular complexity index is 1090. The zero-order chi connectivity index (χ0) is 22.8. The van der Waals surface area contributed by atoms with E-state index in [2.05, 4.69) is 5.32 Å². The third-order valence-electron chi connectivity index (χ3n) is 5.84. The molecule has 1 atom stereocenters. The lowest BCUT2D eigenvalue weighted by Gasteiger charge is -2.19. The molecular formula is C25H26N2O6. The molecule has 8 nitrogen and oxygen atoms in total. The molecule has 1 N–H and O–H groups in total. The van der Waals surface area contributed by atoms with E-state index < -0.39 is 0 Å². The monoisotopic (exact) mass is 450 g/mol. The van der Waals surface area contributed by atoms with Gasteiger partial charge in [-0.3, -0.25) is 14.5 Å². The van der Waals surface area contributed by atoms with Gasteiger partial charge in [0.15, 0.2) is 11.5 Å². The summed E-state index contributed by atoms with van der Waals surface area (Å²) >= 11 is 0. The number of ether oxygens (including phenoxy) is 4. The van der Waals surface area contributed by atoms with E-state index in [1.54, 1.807) is 18.2 Å². The molecule has 5 rings (SSSR count). The molecule has 0 bridgehead atoms. The minimum absolute atomic E-state index is 0.131. The Kier molecular flexibility index (Phi) is 5.92. The smallest absolute Gasteiger partial charge is 0.278 e. The van der Waals surface area contributed by atoms with Crippen LogP contribution in [0.25, 0.3) is 5.57 Å². The molecule has 33 heavy (non-hydrogen) atoms. The molecule has 1 fully saturated rings. The van der Waals surface area contributed by atoms with Crippen molar-refractivity contribution in [3.8, 4) is 17.2 Å². The van der Waals surface area contributed by atoms with Crippen molar-refractivity contribution in [2.45, 2.75) is 32.3 Å². The molecule has 2 aromatic rings. The SMILES string of the molecule is CCCOc1ccc(C2=C(Nc3ccc4c(c3)OCO4)C(=O)N(CC3CCCO3)C2=O)cc1. The number of carbonyl (C=O) groups is 2. The number of amides is 2. The molecule has 0 aromatic heterocycles. The standard InChI is InChI=1S/C25H26N2O6/c1-2-11-30-18-8-5-16(6-9-18)22-23(26-17-7-10-20-21(13-17)33-15-32-20)25(29)27(24(22)28)14-19-4-3-12-31-19/h5-10,13,19,26H,2-4,11-12,14-15H2,1H3. The van der Waals surface area contributed by atoms with E-state index in [0.29, 0.717) is 41.5 Å². The van der Waals surface area contributed by atoms with Crippen LogP contribution in [0.4, 0.5) is 5.69 Å². The fraction of sp³-hybridized carbons (Fsp3) is 0.360.